The number of aryl methyl sites for hydroxylation is 1. The van der Waals surface area contributed by atoms with Gasteiger partial charge in [-0.3, -0.25) is 13.9 Å². The minimum atomic E-state index is -4.12. The van der Waals surface area contributed by atoms with E-state index in [0.29, 0.717) is 27.8 Å². The first-order chi connectivity index (χ1) is 18.6. The standard InChI is InChI=1S/C29H33Cl2N3O4S/c1-4-5-18-32-29(36)22(3)33(19-25-26(30)12-9-13-27(25)31)28(35)20-34(23-10-7-6-8-11-23)39(37,38)24-16-14-21(2)15-17-24/h6-17,22H,4-5,18-20H2,1-3H3,(H,32,36). The Morgan fingerprint density at radius 2 is 1.54 bits per heavy atom. The Hall–Kier alpha value is -3.07. The maximum absolute atomic E-state index is 13.9. The molecular formula is C29H33Cl2N3O4S. The smallest absolute Gasteiger partial charge is 0.264 e. The maximum Gasteiger partial charge on any atom is 0.264 e. The Kier molecular flexibility index (Phi) is 10.8. The molecule has 2 amide bonds. The molecule has 3 aromatic carbocycles. The van der Waals surface area contributed by atoms with E-state index < -0.39 is 28.5 Å². The fourth-order valence-corrected chi connectivity index (χ4v) is 5.86. The third kappa shape index (κ3) is 7.75. The van der Waals surface area contributed by atoms with Crippen molar-refractivity contribution in [2.24, 2.45) is 0 Å². The third-order valence-corrected chi connectivity index (χ3v) is 8.82. The zero-order valence-electron chi connectivity index (χ0n) is 22.2. The van der Waals surface area contributed by atoms with Gasteiger partial charge in [-0.2, -0.15) is 0 Å². The molecule has 0 saturated heterocycles. The van der Waals surface area contributed by atoms with Crippen molar-refractivity contribution < 1.29 is 18.0 Å². The molecule has 0 aliphatic heterocycles. The van der Waals surface area contributed by atoms with E-state index in [1.165, 1.54) is 17.0 Å². The van der Waals surface area contributed by atoms with E-state index in [-0.39, 0.29) is 17.3 Å². The molecule has 7 nitrogen and oxygen atoms in total. The topological polar surface area (TPSA) is 86.8 Å². The number of benzene rings is 3. The molecule has 0 heterocycles. The van der Waals surface area contributed by atoms with Gasteiger partial charge in [-0.25, -0.2) is 8.42 Å². The van der Waals surface area contributed by atoms with Gasteiger partial charge in [0.2, 0.25) is 11.8 Å². The van der Waals surface area contributed by atoms with E-state index in [2.05, 4.69) is 5.32 Å². The van der Waals surface area contributed by atoms with Gasteiger partial charge >= 0.3 is 0 Å². The number of para-hydroxylation sites is 1. The van der Waals surface area contributed by atoms with Crippen molar-refractivity contribution in [3.8, 4) is 0 Å². The number of sulfonamides is 1. The number of hydrogen-bond acceptors (Lipinski definition) is 4. The molecular weight excluding hydrogens is 557 g/mol. The molecule has 0 fully saturated rings. The quantitative estimate of drug-likeness (QED) is 0.269. The van der Waals surface area contributed by atoms with Crippen LogP contribution in [0.2, 0.25) is 10.0 Å². The Balaban J connectivity index is 2.01. The molecule has 0 aliphatic carbocycles. The summed E-state index contributed by atoms with van der Waals surface area (Å²) in [7, 11) is -4.12. The van der Waals surface area contributed by atoms with Gasteiger partial charge in [0, 0.05) is 28.7 Å². The first kappa shape index (κ1) is 30.5. The van der Waals surface area contributed by atoms with Crippen LogP contribution in [0.1, 0.15) is 37.8 Å². The number of amides is 2. The minimum absolute atomic E-state index is 0.0517. The van der Waals surface area contributed by atoms with Crippen LogP contribution in [0.15, 0.2) is 77.7 Å². The number of nitrogens with one attached hydrogen (secondary N) is 1. The summed E-state index contributed by atoms with van der Waals surface area (Å²) in [5.74, 6) is -0.934. The van der Waals surface area contributed by atoms with Crippen LogP contribution >= 0.6 is 23.2 Å². The number of carbonyl (C=O) groups excluding carboxylic acids is 2. The number of halogens is 2. The number of anilines is 1. The van der Waals surface area contributed by atoms with Crippen molar-refractivity contribution in [3.63, 3.8) is 0 Å². The Morgan fingerprint density at radius 3 is 2.13 bits per heavy atom. The lowest BCUT2D eigenvalue weighted by Gasteiger charge is -2.32. The van der Waals surface area contributed by atoms with Crippen molar-refractivity contribution in [3.05, 3.63) is 94.0 Å². The molecule has 1 atom stereocenters. The molecule has 1 unspecified atom stereocenters. The van der Waals surface area contributed by atoms with Crippen LogP contribution < -0.4 is 9.62 Å². The molecule has 0 bridgehead atoms. The van der Waals surface area contributed by atoms with E-state index >= 15 is 0 Å². The molecule has 1 N–H and O–H groups in total. The Labute approximate surface area is 240 Å². The second-order valence-corrected chi connectivity index (χ2v) is 11.9. The summed E-state index contributed by atoms with van der Waals surface area (Å²) in [6.45, 7) is 5.33. The summed E-state index contributed by atoms with van der Waals surface area (Å²) in [5.41, 5.74) is 1.69. The van der Waals surface area contributed by atoms with Crippen LogP contribution in [-0.4, -0.2) is 44.3 Å². The molecule has 3 rings (SSSR count). The summed E-state index contributed by atoms with van der Waals surface area (Å²) < 4.78 is 28.6. The molecule has 0 spiro atoms. The molecule has 0 aromatic heterocycles. The lowest BCUT2D eigenvalue weighted by molar-refractivity contribution is -0.139. The van der Waals surface area contributed by atoms with Gasteiger partial charge in [-0.1, -0.05) is 78.5 Å². The lowest BCUT2D eigenvalue weighted by Crippen LogP contribution is -2.51. The summed E-state index contributed by atoms with van der Waals surface area (Å²) >= 11 is 12.8. The van der Waals surface area contributed by atoms with Crippen LogP contribution in [0, 0.1) is 6.92 Å². The molecule has 10 heteroatoms. The van der Waals surface area contributed by atoms with Gasteiger partial charge in [0.25, 0.3) is 10.0 Å². The number of nitrogens with zero attached hydrogens (tertiary/aromatic N) is 2. The Bertz CT molecular complexity index is 1360. The number of rotatable bonds is 12. The largest absolute Gasteiger partial charge is 0.354 e. The van der Waals surface area contributed by atoms with Crippen molar-refractivity contribution >= 4 is 50.7 Å². The van der Waals surface area contributed by atoms with E-state index in [1.807, 2.05) is 13.8 Å². The highest BCUT2D eigenvalue weighted by Gasteiger charge is 2.33. The van der Waals surface area contributed by atoms with Crippen LogP contribution in [0.25, 0.3) is 0 Å². The summed E-state index contributed by atoms with van der Waals surface area (Å²) in [6.07, 6.45) is 1.69. The van der Waals surface area contributed by atoms with Crippen LogP contribution in [0.3, 0.4) is 0 Å². The number of hydrogen-bond donors (Lipinski definition) is 1. The van der Waals surface area contributed by atoms with Crippen LogP contribution in [-0.2, 0) is 26.2 Å². The molecule has 0 aliphatic rings. The fourth-order valence-electron chi connectivity index (χ4n) is 3.93. The highest BCUT2D eigenvalue weighted by Crippen LogP contribution is 2.28. The third-order valence-electron chi connectivity index (χ3n) is 6.32. The summed E-state index contributed by atoms with van der Waals surface area (Å²) in [4.78, 5) is 28.3. The van der Waals surface area contributed by atoms with E-state index in [1.54, 1.807) is 67.6 Å². The van der Waals surface area contributed by atoms with Gasteiger partial charge in [0.05, 0.1) is 10.6 Å². The van der Waals surface area contributed by atoms with Gasteiger partial charge in [-0.05, 0) is 56.7 Å². The molecule has 39 heavy (non-hydrogen) atoms. The molecule has 208 valence electrons. The first-order valence-electron chi connectivity index (χ1n) is 12.7. The average Bonchev–Trinajstić information content (AvgIpc) is 2.92. The predicted octanol–water partition coefficient (Wildman–Crippen LogP) is 5.83. The van der Waals surface area contributed by atoms with Crippen molar-refractivity contribution in [2.45, 2.75) is 51.1 Å². The molecule has 3 aromatic rings. The van der Waals surface area contributed by atoms with Gasteiger partial charge in [0.1, 0.15) is 12.6 Å². The monoisotopic (exact) mass is 589 g/mol. The number of unbranched alkanes of at least 4 members (excludes halogenated alkanes) is 1. The molecule has 0 saturated carbocycles. The Morgan fingerprint density at radius 1 is 0.923 bits per heavy atom. The second kappa shape index (κ2) is 13.8. The SMILES string of the molecule is CCCCNC(=O)C(C)N(Cc1c(Cl)cccc1Cl)C(=O)CN(c1ccccc1)S(=O)(=O)c1ccc(C)cc1. The zero-order valence-corrected chi connectivity index (χ0v) is 24.6. The summed E-state index contributed by atoms with van der Waals surface area (Å²) in [6, 6.07) is 18.9. The normalized spacial score (nSPS) is 12.0. The van der Waals surface area contributed by atoms with Gasteiger partial charge in [0.15, 0.2) is 0 Å². The van der Waals surface area contributed by atoms with Crippen molar-refractivity contribution in [1.29, 1.82) is 0 Å². The highest BCUT2D eigenvalue weighted by molar-refractivity contribution is 7.92. The fraction of sp³-hybridized carbons (Fsp3) is 0.310. The van der Waals surface area contributed by atoms with E-state index in [0.717, 1.165) is 22.7 Å². The van der Waals surface area contributed by atoms with Crippen molar-refractivity contribution in [2.75, 3.05) is 17.4 Å². The van der Waals surface area contributed by atoms with E-state index in [4.69, 9.17) is 23.2 Å². The van der Waals surface area contributed by atoms with E-state index in [9.17, 15) is 18.0 Å². The van der Waals surface area contributed by atoms with Crippen LogP contribution in [0.5, 0.6) is 0 Å². The summed E-state index contributed by atoms with van der Waals surface area (Å²) in [5, 5.41) is 3.53. The molecule has 0 radical (unpaired) electrons. The highest BCUT2D eigenvalue weighted by atomic mass is 35.5. The van der Waals surface area contributed by atoms with Crippen LogP contribution in [0.4, 0.5) is 5.69 Å². The lowest BCUT2D eigenvalue weighted by atomic mass is 10.1. The number of carbonyl (C=O) groups is 2. The first-order valence-corrected chi connectivity index (χ1v) is 14.9. The maximum atomic E-state index is 13.9. The predicted molar refractivity (Wildman–Crippen MR) is 157 cm³/mol. The van der Waals surface area contributed by atoms with Gasteiger partial charge < -0.3 is 10.2 Å². The zero-order chi connectivity index (χ0) is 28.6. The minimum Gasteiger partial charge on any atom is -0.354 e. The average molecular weight is 591 g/mol. The van der Waals surface area contributed by atoms with Gasteiger partial charge in [-0.15, -0.1) is 0 Å². The van der Waals surface area contributed by atoms with Crippen molar-refractivity contribution in [1.82, 2.24) is 10.2 Å². The second-order valence-electron chi connectivity index (χ2n) is 9.20.